The molecule has 0 bridgehead atoms. The summed E-state index contributed by atoms with van der Waals surface area (Å²) < 4.78 is 19.0. The van der Waals surface area contributed by atoms with Gasteiger partial charge in [-0.2, -0.15) is 0 Å². The third-order valence-corrected chi connectivity index (χ3v) is 2.27. The van der Waals surface area contributed by atoms with Gasteiger partial charge in [0, 0.05) is 0 Å². The van der Waals surface area contributed by atoms with Gasteiger partial charge in [0.25, 0.3) is 0 Å². The average Bonchev–Trinajstić information content (AvgIpc) is 2.15. The topological polar surface area (TPSA) is 93.1 Å². The highest BCUT2D eigenvalue weighted by Crippen LogP contribution is 2.44. The van der Waals surface area contributed by atoms with Crippen molar-refractivity contribution in [3.63, 3.8) is 0 Å². The van der Waals surface area contributed by atoms with Crippen LogP contribution in [0.2, 0.25) is 0 Å². The number of carboxylic acid groups (broad SMARTS) is 1. The molecule has 0 saturated carbocycles. The Bertz CT molecular complexity index is 376. The molecule has 0 aliphatic carbocycles. The summed E-state index contributed by atoms with van der Waals surface area (Å²) in [5.41, 5.74) is 0.640. The molecule has 1 unspecified atom stereocenters. The lowest BCUT2D eigenvalue weighted by Gasteiger charge is -2.08. The van der Waals surface area contributed by atoms with Crippen molar-refractivity contribution in [2.45, 2.75) is 6.61 Å². The van der Waals surface area contributed by atoms with E-state index < -0.39 is 14.0 Å². The molecule has 1 aromatic rings. The van der Waals surface area contributed by atoms with E-state index in [-0.39, 0.29) is 6.61 Å². The van der Waals surface area contributed by atoms with Crippen molar-refractivity contribution in [1.82, 2.24) is 0 Å². The molecule has 1 rings (SSSR count). The van der Waals surface area contributed by atoms with Crippen molar-refractivity contribution in [3.8, 4) is 0 Å². The Labute approximate surface area is 85.7 Å². The van der Waals surface area contributed by atoms with E-state index in [9.17, 15) is 9.36 Å². The fourth-order valence-corrected chi connectivity index (χ4v) is 1.42. The summed E-state index contributed by atoms with van der Waals surface area (Å²) in [7, 11) is -4.51. The number of hydrogen-bond donors (Lipinski definition) is 2. The fourth-order valence-electron chi connectivity index (χ4n) is 0.855. The maximum Gasteiger partial charge on any atom is 0.532 e. The third-order valence-electron chi connectivity index (χ3n) is 1.43. The van der Waals surface area contributed by atoms with Gasteiger partial charge in [0.05, 0.1) is 6.61 Å². The maximum atomic E-state index is 10.9. The Balaban J connectivity index is 2.50. The predicted molar refractivity (Wildman–Crippen MR) is 50.2 cm³/mol. The maximum absolute atomic E-state index is 10.9. The standard InChI is InChI=1S/C8H9O6P/c9-8(10)14-15(11,12)13-6-7-4-2-1-3-5-7/h1-5H,6H2,(H,9,10)(H,11,12). The summed E-state index contributed by atoms with van der Waals surface area (Å²) in [4.78, 5) is 18.9. The van der Waals surface area contributed by atoms with Crippen LogP contribution in [-0.2, 0) is 20.2 Å². The molecular formula is C8H9O6P. The monoisotopic (exact) mass is 232 g/mol. The van der Waals surface area contributed by atoms with Crippen LogP contribution in [0.4, 0.5) is 4.79 Å². The van der Waals surface area contributed by atoms with Gasteiger partial charge in [-0.05, 0) is 5.56 Å². The van der Waals surface area contributed by atoms with Crippen LogP contribution in [0.3, 0.4) is 0 Å². The SMILES string of the molecule is O=C(O)OP(=O)(O)OCc1ccccc1. The summed E-state index contributed by atoms with van der Waals surface area (Å²) >= 11 is 0. The second-order valence-corrected chi connectivity index (χ2v) is 3.96. The van der Waals surface area contributed by atoms with Gasteiger partial charge < -0.3 is 9.63 Å². The van der Waals surface area contributed by atoms with Gasteiger partial charge in [-0.1, -0.05) is 30.3 Å². The van der Waals surface area contributed by atoms with Crippen molar-refractivity contribution in [3.05, 3.63) is 35.9 Å². The van der Waals surface area contributed by atoms with Crippen LogP contribution >= 0.6 is 7.82 Å². The molecule has 0 fully saturated rings. The molecule has 0 saturated heterocycles. The first-order valence-corrected chi connectivity index (χ1v) is 5.43. The molecule has 0 heterocycles. The smallest absolute Gasteiger partial charge is 0.449 e. The van der Waals surface area contributed by atoms with Gasteiger partial charge in [0.2, 0.25) is 0 Å². The van der Waals surface area contributed by atoms with E-state index >= 15 is 0 Å². The zero-order chi connectivity index (χ0) is 11.3. The van der Waals surface area contributed by atoms with Gasteiger partial charge >= 0.3 is 14.0 Å². The van der Waals surface area contributed by atoms with E-state index in [4.69, 9.17) is 10.00 Å². The molecule has 82 valence electrons. The first-order valence-electron chi connectivity index (χ1n) is 3.93. The van der Waals surface area contributed by atoms with Crippen LogP contribution in [0.25, 0.3) is 0 Å². The molecule has 1 atom stereocenters. The second-order valence-electron chi connectivity index (χ2n) is 2.58. The summed E-state index contributed by atoms with van der Waals surface area (Å²) in [6.45, 7) is -0.193. The van der Waals surface area contributed by atoms with E-state index in [1.165, 1.54) is 0 Å². The quantitative estimate of drug-likeness (QED) is 0.771. The molecule has 0 radical (unpaired) electrons. The van der Waals surface area contributed by atoms with Gasteiger partial charge in [-0.15, -0.1) is 0 Å². The van der Waals surface area contributed by atoms with Crippen LogP contribution in [0.5, 0.6) is 0 Å². The average molecular weight is 232 g/mol. The third kappa shape index (κ3) is 4.60. The van der Waals surface area contributed by atoms with Crippen LogP contribution in [0.1, 0.15) is 5.56 Å². The molecule has 7 heteroatoms. The predicted octanol–water partition coefficient (Wildman–Crippen LogP) is 2.00. The van der Waals surface area contributed by atoms with Gasteiger partial charge in [-0.3, -0.25) is 9.42 Å². The first kappa shape index (κ1) is 11.7. The van der Waals surface area contributed by atoms with E-state index in [0.29, 0.717) is 5.56 Å². The van der Waals surface area contributed by atoms with Crippen LogP contribution in [-0.4, -0.2) is 16.2 Å². The van der Waals surface area contributed by atoms with Gasteiger partial charge in [-0.25, -0.2) is 9.36 Å². The van der Waals surface area contributed by atoms with Gasteiger partial charge in [0.1, 0.15) is 0 Å². The highest BCUT2D eigenvalue weighted by Gasteiger charge is 2.25. The molecule has 6 nitrogen and oxygen atoms in total. The van der Waals surface area contributed by atoms with Crippen molar-refractivity contribution in [1.29, 1.82) is 0 Å². The molecule has 0 amide bonds. The van der Waals surface area contributed by atoms with Crippen molar-refractivity contribution in [2.75, 3.05) is 0 Å². The van der Waals surface area contributed by atoms with Gasteiger partial charge in [0.15, 0.2) is 0 Å². The number of benzene rings is 1. The van der Waals surface area contributed by atoms with E-state index in [2.05, 4.69) is 9.05 Å². The summed E-state index contributed by atoms with van der Waals surface area (Å²) in [6, 6.07) is 8.55. The van der Waals surface area contributed by atoms with E-state index in [1.54, 1.807) is 30.3 Å². The molecule has 0 aromatic heterocycles. The first-order chi connectivity index (χ1) is 6.99. The minimum absolute atomic E-state index is 0.193. The summed E-state index contributed by atoms with van der Waals surface area (Å²) in [5, 5.41) is 8.11. The Morgan fingerprint density at radius 2 is 1.93 bits per heavy atom. The van der Waals surface area contributed by atoms with E-state index in [1.807, 2.05) is 0 Å². The minimum atomic E-state index is -4.51. The van der Waals surface area contributed by atoms with Crippen molar-refractivity contribution in [2.24, 2.45) is 0 Å². The number of rotatable bonds is 4. The Hall–Kier alpha value is -1.36. The Morgan fingerprint density at radius 1 is 1.33 bits per heavy atom. The normalized spacial score (nSPS) is 14.2. The van der Waals surface area contributed by atoms with Crippen LogP contribution < -0.4 is 0 Å². The number of carbonyl (C=O) groups is 1. The number of phosphoric ester groups is 1. The highest BCUT2D eigenvalue weighted by molar-refractivity contribution is 7.47. The largest absolute Gasteiger partial charge is 0.532 e. The molecule has 0 spiro atoms. The molecule has 0 aliphatic rings. The summed E-state index contributed by atoms with van der Waals surface area (Å²) in [5.74, 6) is 0. The number of phosphoric acid groups is 1. The second kappa shape index (κ2) is 4.93. The zero-order valence-corrected chi connectivity index (χ0v) is 8.46. The summed E-state index contributed by atoms with van der Waals surface area (Å²) in [6.07, 6.45) is -1.85. The Morgan fingerprint density at radius 3 is 2.47 bits per heavy atom. The zero-order valence-electron chi connectivity index (χ0n) is 7.57. The molecule has 2 N–H and O–H groups in total. The van der Waals surface area contributed by atoms with Crippen molar-refractivity contribution < 1.29 is 28.4 Å². The van der Waals surface area contributed by atoms with Crippen LogP contribution in [0.15, 0.2) is 30.3 Å². The lowest BCUT2D eigenvalue weighted by Crippen LogP contribution is -2.01. The van der Waals surface area contributed by atoms with E-state index in [0.717, 1.165) is 0 Å². The molecular weight excluding hydrogens is 223 g/mol. The van der Waals surface area contributed by atoms with Crippen molar-refractivity contribution >= 4 is 14.0 Å². The lowest BCUT2D eigenvalue weighted by molar-refractivity contribution is 0.110. The molecule has 0 aliphatic heterocycles. The van der Waals surface area contributed by atoms with Crippen LogP contribution in [0, 0.1) is 0 Å². The Kier molecular flexibility index (Phi) is 3.85. The number of hydrogen-bond acceptors (Lipinski definition) is 4. The fraction of sp³-hybridized carbons (Fsp3) is 0.125. The molecule has 15 heavy (non-hydrogen) atoms. The minimum Gasteiger partial charge on any atom is -0.449 e. The lowest BCUT2D eigenvalue weighted by atomic mass is 10.2. The highest BCUT2D eigenvalue weighted by atomic mass is 31.2. The molecule has 1 aromatic carbocycles.